The zero-order chi connectivity index (χ0) is 18.8. The van der Waals surface area contributed by atoms with Gasteiger partial charge in [0.05, 0.1) is 6.04 Å². The Hall–Kier alpha value is -3.22. The molecule has 27 heavy (non-hydrogen) atoms. The van der Waals surface area contributed by atoms with Crippen molar-refractivity contribution in [3.05, 3.63) is 71.4 Å². The van der Waals surface area contributed by atoms with E-state index in [-0.39, 0.29) is 23.8 Å². The van der Waals surface area contributed by atoms with Gasteiger partial charge in [-0.1, -0.05) is 29.4 Å². The Labute approximate surface area is 155 Å². The lowest BCUT2D eigenvalue weighted by Gasteiger charge is -2.16. The van der Waals surface area contributed by atoms with Crippen LogP contribution in [0.15, 0.2) is 53.1 Å². The number of nitrogens with one attached hydrogen (secondary N) is 2. The molecule has 0 radical (unpaired) electrons. The van der Waals surface area contributed by atoms with Crippen molar-refractivity contribution in [2.75, 3.05) is 0 Å². The second-order valence-electron chi connectivity index (χ2n) is 6.59. The highest BCUT2D eigenvalue weighted by molar-refractivity contribution is 5.75. The minimum atomic E-state index is -0.455. The summed E-state index contributed by atoms with van der Waals surface area (Å²) in [5, 5.41) is 9.72. The average Bonchev–Trinajstić information content (AvgIpc) is 3.30. The number of aryl methyl sites for hydroxylation is 1. The van der Waals surface area contributed by atoms with Crippen LogP contribution in [0.3, 0.4) is 0 Å². The number of urea groups is 1. The van der Waals surface area contributed by atoms with Crippen LogP contribution in [0.5, 0.6) is 0 Å². The summed E-state index contributed by atoms with van der Waals surface area (Å²) in [6.45, 7) is 1.77. The van der Waals surface area contributed by atoms with Gasteiger partial charge < -0.3 is 15.2 Å². The molecule has 6 nitrogen and oxygen atoms in total. The molecular weight excluding hydrogens is 347 g/mol. The Bertz CT molecular complexity index is 955. The number of carbonyl (C=O) groups excluding carboxylic acids is 1. The largest absolute Gasteiger partial charge is 0.337 e. The van der Waals surface area contributed by atoms with Crippen LogP contribution in [0, 0.1) is 5.82 Å². The van der Waals surface area contributed by atoms with Crippen molar-refractivity contribution in [2.45, 2.75) is 31.8 Å². The lowest BCUT2D eigenvalue weighted by Crippen LogP contribution is -2.38. The van der Waals surface area contributed by atoms with Gasteiger partial charge in [-0.2, -0.15) is 4.98 Å². The fourth-order valence-electron chi connectivity index (χ4n) is 3.29. The van der Waals surface area contributed by atoms with Gasteiger partial charge in [0.15, 0.2) is 0 Å². The lowest BCUT2D eigenvalue weighted by molar-refractivity contribution is 0.230. The molecule has 4 rings (SSSR count). The molecule has 7 heteroatoms. The van der Waals surface area contributed by atoms with Crippen molar-refractivity contribution in [2.24, 2.45) is 0 Å². The summed E-state index contributed by atoms with van der Waals surface area (Å²) in [5.41, 5.74) is 3.08. The highest BCUT2D eigenvalue weighted by Gasteiger charge is 2.24. The van der Waals surface area contributed by atoms with Crippen molar-refractivity contribution in [1.29, 1.82) is 0 Å². The van der Waals surface area contributed by atoms with Crippen molar-refractivity contribution in [3.8, 4) is 11.4 Å². The van der Waals surface area contributed by atoms with E-state index in [0.29, 0.717) is 11.4 Å². The number of nitrogens with zero attached hydrogens (tertiary/aromatic N) is 2. The van der Waals surface area contributed by atoms with Crippen LogP contribution in [-0.4, -0.2) is 16.2 Å². The first-order valence-corrected chi connectivity index (χ1v) is 8.84. The van der Waals surface area contributed by atoms with Crippen molar-refractivity contribution in [3.63, 3.8) is 0 Å². The Morgan fingerprint density at radius 3 is 2.81 bits per heavy atom. The first kappa shape index (κ1) is 17.2. The maximum Gasteiger partial charge on any atom is 0.315 e. The first-order chi connectivity index (χ1) is 13.1. The van der Waals surface area contributed by atoms with E-state index in [1.165, 1.54) is 17.7 Å². The Balaban J connectivity index is 1.39. The second-order valence-corrected chi connectivity index (χ2v) is 6.59. The monoisotopic (exact) mass is 366 g/mol. The molecule has 1 aliphatic carbocycles. The van der Waals surface area contributed by atoms with Gasteiger partial charge in [0.25, 0.3) is 0 Å². The zero-order valence-corrected chi connectivity index (χ0v) is 14.8. The lowest BCUT2D eigenvalue weighted by atomic mass is 10.1. The SMILES string of the molecule is CC(NC(=O)NC1CCc2ccccc21)c1nc(-c2ccc(F)cc2)no1. The number of fused-ring (bicyclic) bond motifs is 1. The molecule has 2 aromatic carbocycles. The number of rotatable bonds is 4. The predicted octanol–water partition coefficient (Wildman–Crippen LogP) is 3.92. The maximum atomic E-state index is 13.0. The third-order valence-corrected chi connectivity index (χ3v) is 4.70. The molecule has 0 saturated carbocycles. The smallest absolute Gasteiger partial charge is 0.315 e. The number of benzene rings is 2. The molecule has 2 atom stereocenters. The molecule has 1 aromatic heterocycles. The number of hydrogen-bond acceptors (Lipinski definition) is 4. The van der Waals surface area contributed by atoms with E-state index in [1.54, 1.807) is 19.1 Å². The molecule has 1 aliphatic rings. The number of hydrogen-bond donors (Lipinski definition) is 2. The van der Waals surface area contributed by atoms with Crippen LogP contribution in [0.4, 0.5) is 9.18 Å². The highest BCUT2D eigenvalue weighted by Crippen LogP contribution is 2.30. The summed E-state index contributed by atoms with van der Waals surface area (Å²) in [4.78, 5) is 16.6. The highest BCUT2D eigenvalue weighted by atomic mass is 19.1. The first-order valence-electron chi connectivity index (χ1n) is 8.84. The average molecular weight is 366 g/mol. The summed E-state index contributed by atoms with van der Waals surface area (Å²) in [6.07, 6.45) is 1.85. The zero-order valence-electron chi connectivity index (χ0n) is 14.8. The summed E-state index contributed by atoms with van der Waals surface area (Å²) < 4.78 is 18.3. The van der Waals surface area contributed by atoms with Crippen molar-refractivity contribution >= 4 is 6.03 Å². The predicted molar refractivity (Wildman–Crippen MR) is 97.3 cm³/mol. The fourth-order valence-corrected chi connectivity index (χ4v) is 3.29. The molecule has 0 bridgehead atoms. The Morgan fingerprint density at radius 1 is 1.22 bits per heavy atom. The van der Waals surface area contributed by atoms with Crippen molar-refractivity contribution < 1.29 is 13.7 Å². The van der Waals surface area contributed by atoms with E-state index < -0.39 is 6.04 Å². The van der Waals surface area contributed by atoms with E-state index in [4.69, 9.17) is 4.52 Å². The maximum absolute atomic E-state index is 13.0. The van der Waals surface area contributed by atoms with Crippen LogP contribution < -0.4 is 10.6 Å². The number of aromatic nitrogens is 2. The minimum absolute atomic E-state index is 0.00543. The minimum Gasteiger partial charge on any atom is -0.337 e. The number of carbonyl (C=O) groups is 1. The quantitative estimate of drug-likeness (QED) is 0.733. The summed E-state index contributed by atoms with van der Waals surface area (Å²) in [7, 11) is 0. The van der Waals surface area contributed by atoms with Crippen molar-refractivity contribution in [1.82, 2.24) is 20.8 Å². The van der Waals surface area contributed by atoms with Gasteiger partial charge in [0, 0.05) is 5.56 Å². The van der Waals surface area contributed by atoms with Gasteiger partial charge in [-0.05, 0) is 55.2 Å². The molecule has 0 saturated heterocycles. The molecule has 2 unspecified atom stereocenters. The number of halogens is 1. The van der Waals surface area contributed by atoms with Crippen LogP contribution >= 0.6 is 0 Å². The molecule has 138 valence electrons. The van der Waals surface area contributed by atoms with E-state index in [1.807, 2.05) is 18.2 Å². The second kappa shape index (κ2) is 7.19. The molecule has 0 spiro atoms. The van der Waals surface area contributed by atoms with E-state index in [9.17, 15) is 9.18 Å². The molecule has 3 aromatic rings. The molecule has 2 N–H and O–H groups in total. The molecule has 2 amide bonds. The third kappa shape index (κ3) is 3.67. The van der Waals surface area contributed by atoms with Gasteiger partial charge in [0.1, 0.15) is 11.9 Å². The molecule has 1 heterocycles. The van der Waals surface area contributed by atoms with Gasteiger partial charge in [-0.25, -0.2) is 9.18 Å². The van der Waals surface area contributed by atoms with Gasteiger partial charge >= 0.3 is 6.03 Å². The molecule has 0 aliphatic heterocycles. The van der Waals surface area contributed by atoms with E-state index in [0.717, 1.165) is 18.4 Å². The summed E-state index contributed by atoms with van der Waals surface area (Å²) in [6, 6.07) is 13.2. The van der Waals surface area contributed by atoms with E-state index >= 15 is 0 Å². The van der Waals surface area contributed by atoms with Crippen LogP contribution in [0.2, 0.25) is 0 Å². The van der Waals surface area contributed by atoms with Gasteiger partial charge in [0.2, 0.25) is 11.7 Å². The third-order valence-electron chi connectivity index (χ3n) is 4.70. The topological polar surface area (TPSA) is 80.0 Å². The fraction of sp³-hybridized carbons (Fsp3) is 0.250. The van der Waals surface area contributed by atoms with Crippen LogP contribution in [0.25, 0.3) is 11.4 Å². The molecule has 0 fully saturated rings. The van der Waals surface area contributed by atoms with Gasteiger partial charge in [-0.3, -0.25) is 0 Å². The summed E-state index contributed by atoms with van der Waals surface area (Å²) in [5.74, 6) is 0.308. The Kier molecular flexibility index (Phi) is 4.58. The summed E-state index contributed by atoms with van der Waals surface area (Å²) >= 11 is 0. The standard InChI is InChI=1S/C20H19FN4O2/c1-12(19-24-18(25-27-19)14-6-9-15(21)10-7-14)22-20(26)23-17-11-8-13-4-2-3-5-16(13)17/h2-7,9-10,12,17H,8,11H2,1H3,(H2,22,23,26). The Morgan fingerprint density at radius 2 is 2.00 bits per heavy atom. The molecular formula is C20H19FN4O2. The van der Waals surface area contributed by atoms with Crippen LogP contribution in [0.1, 0.15) is 42.4 Å². The van der Waals surface area contributed by atoms with Crippen LogP contribution in [-0.2, 0) is 6.42 Å². The van der Waals surface area contributed by atoms with Gasteiger partial charge in [-0.15, -0.1) is 0 Å². The van der Waals surface area contributed by atoms with E-state index in [2.05, 4.69) is 26.8 Å². The normalized spacial score (nSPS) is 16.6. The number of amides is 2.